The molecule has 2 aromatic rings. The van der Waals surface area contributed by atoms with E-state index in [0.29, 0.717) is 0 Å². The lowest BCUT2D eigenvalue weighted by atomic mass is 9.88. The maximum atomic E-state index is 11.7. The normalized spacial score (nSPS) is 21.3. The highest BCUT2D eigenvalue weighted by molar-refractivity contribution is 6.99. The molecular weight excluding hydrogens is 336 g/mol. The van der Waals surface area contributed by atoms with Crippen molar-refractivity contribution in [3.05, 3.63) is 60.7 Å². The van der Waals surface area contributed by atoms with Gasteiger partial charge >= 0.3 is 0 Å². The summed E-state index contributed by atoms with van der Waals surface area (Å²) in [5.74, 6) is 0.0189. The molecule has 1 aliphatic carbocycles. The van der Waals surface area contributed by atoms with Crippen LogP contribution in [0.3, 0.4) is 0 Å². The second-order valence-electron chi connectivity index (χ2n) is 8.40. The predicted molar refractivity (Wildman–Crippen MR) is 111 cm³/mol. The largest absolute Gasteiger partial charge is 0.404 e. The maximum Gasteiger partial charge on any atom is 0.261 e. The first-order valence-electron chi connectivity index (χ1n) is 9.73. The highest BCUT2D eigenvalue weighted by Crippen LogP contribution is 2.40. The number of hydrogen-bond acceptors (Lipinski definition) is 2. The first-order chi connectivity index (χ1) is 12.5. The van der Waals surface area contributed by atoms with Crippen LogP contribution in [0.2, 0.25) is 5.04 Å². The molecule has 3 rings (SSSR count). The molecule has 1 aliphatic rings. The summed E-state index contributed by atoms with van der Waals surface area (Å²) in [6, 6.07) is 21.4. The Morgan fingerprint density at radius 2 is 1.38 bits per heavy atom. The molecule has 2 atom stereocenters. The van der Waals surface area contributed by atoms with Crippen LogP contribution in [0.15, 0.2) is 60.7 Å². The van der Waals surface area contributed by atoms with Crippen LogP contribution in [0.1, 0.15) is 46.5 Å². The molecule has 138 valence electrons. The van der Waals surface area contributed by atoms with Gasteiger partial charge in [-0.05, 0) is 28.3 Å². The molecule has 0 aliphatic heterocycles. The van der Waals surface area contributed by atoms with E-state index in [2.05, 4.69) is 81.4 Å². The zero-order valence-corrected chi connectivity index (χ0v) is 17.2. The van der Waals surface area contributed by atoms with E-state index in [0.717, 1.165) is 32.0 Å². The zero-order chi connectivity index (χ0) is 18.6. The third-order valence-electron chi connectivity index (χ3n) is 5.67. The smallest absolute Gasteiger partial charge is 0.261 e. The van der Waals surface area contributed by atoms with E-state index < -0.39 is 8.32 Å². The van der Waals surface area contributed by atoms with E-state index in [1.54, 1.807) is 0 Å². The number of benzene rings is 2. The Labute approximate surface area is 158 Å². The number of rotatable bonds is 5. The molecule has 0 heterocycles. The summed E-state index contributed by atoms with van der Waals surface area (Å²) < 4.78 is 7.13. The highest BCUT2D eigenvalue weighted by atomic mass is 28.4. The van der Waals surface area contributed by atoms with E-state index in [4.69, 9.17) is 4.43 Å². The Bertz CT molecular complexity index is 666. The van der Waals surface area contributed by atoms with Crippen molar-refractivity contribution in [3.63, 3.8) is 0 Å². The SMILES string of the molecule is CC(C)(C)[Si](OC1CCCCC1C=O)(c1ccccc1)c1ccccc1. The molecule has 0 N–H and O–H groups in total. The van der Waals surface area contributed by atoms with Gasteiger partial charge in [-0.25, -0.2) is 0 Å². The van der Waals surface area contributed by atoms with Gasteiger partial charge in [0.15, 0.2) is 0 Å². The highest BCUT2D eigenvalue weighted by Gasteiger charge is 2.52. The van der Waals surface area contributed by atoms with E-state index in [1.807, 2.05) is 0 Å². The predicted octanol–water partition coefficient (Wildman–Crippen LogP) is 4.32. The molecule has 0 spiro atoms. The van der Waals surface area contributed by atoms with Crippen LogP contribution in [-0.4, -0.2) is 20.7 Å². The summed E-state index contributed by atoms with van der Waals surface area (Å²) in [6.45, 7) is 6.87. The minimum Gasteiger partial charge on any atom is -0.404 e. The van der Waals surface area contributed by atoms with Crippen molar-refractivity contribution in [2.24, 2.45) is 5.92 Å². The second kappa shape index (κ2) is 7.89. The average Bonchev–Trinajstić information content (AvgIpc) is 2.67. The number of carbonyl (C=O) groups is 1. The summed E-state index contributed by atoms with van der Waals surface area (Å²) in [5.41, 5.74) is 0. The van der Waals surface area contributed by atoms with Crippen LogP contribution in [0, 0.1) is 5.92 Å². The lowest BCUT2D eigenvalue weighted by molar-refractivity contribution is -0.115. The maximum absolute atomic E-state index is 11.7. The van der Waals surface area contributed by atoms with Crippen molar-refractivity contribution in [2.45, 2.75) is 57.6 Å². The summed E-state index contributed by atoms with van der Waals surface area (Å²) >= 11 is 0. The average molecular weight is 367 g/mol. The van der Waals surface area contributed by atoms with Gasteiger partial charge < -0.3 is 9.22 Å². The topological polar surface area (TPSA) is 26.3 Å². The van der Waals surface area contributed by atoms with Crippen LogP contribution in [0.4, 0.5) is 0 Å². The molecule has 0 aromatic heterocycles. The van der Waals surface area contributed by atoms with Crippen molar-refractivity contribution in [2.75, 3.05) is 0 Å². The molecular formula is C23H30O2Si. The van der Waals surface area contributed by atoms with Crippen LogP contribution in [-0.2, 0) is 9.22 Å². The Kier molecular flexibility index (Phi) is 5.78. The molecule has 2 nitrogen and oxygen atoms in total. The Hall–Kier alpha value is -1.71. The Morgan fingerprint density at radius 1 is 0.885 bits per heavy atom. The van der Waals surface area contributed by atoms with Gasteiger partial charge in [0.2, 0.25) is 0 Å². The van der Waals surface area contributed by atoms with Gasteiger partial charge in [-0.3, -0.25) is 0 Å². The summed E-state index contributed by atoms with van der Waals surface area (Å²) in [5, 5.41) is 2.53. The zero-order valence-electron chi connectivity index (χ0n) is 16.2. The molecule has 0 radical (unpaired) electrons. The van der Waals surface area contributed by atoms with Gasteiger partial charge in [-0.15, -0.1) is 0 Å². The van der Waals surface area contributed by atoms with Gasteiger partial charge in [0, 0.05) is 5.92 Å². The van der Waals surface area contributed by atoms with E-state index in [9.17, 15) is 4.79 Å². The summed E-state index contributed by atoms with van der Waals surface area (Å²) in [7, 11) is -2.55. The standard InChI is InChI=1S/C23H30O2Si/c1-23(2,3)26(20-13-6-4-7-14-20,21-15-8-5-9-16-21)25-22-17-11-10-12-19(22)18-24/h4-9,13-16,18-19,22H,10-12,17H2,1-3H3. The fourth-order valence-corrected chi connectivity index (χ4v) is 9.11. The quantitative estimate of drug-likeness (QED) is 0.582. The van der Waals surface area contributed by atoms with Crippen molar-refractivity contribution in [1.82, 2.24) is 0 Å². The van der Waals surface area contributed by atoms with Crippen LogP contribution in [0.5, 0.6) is 0 Å². The second-order valence-corrected chi connectivity index (χ2v) is 12.7. The molecule has 0 bridgehead atoms. The van der Waals surface area contributed by atoms with Gasteiger partial charge in [0.05, 0.1) is 6.10 Å². The lowest BCUT2D eigenvalue weighted by Gasteiger charge is -2.46. The van der Waals surface area contributed by atoms with E-state index in [1.165, 1.54) is 10.4 Å². The van der Waals surface area contributed by atoms with Crippen LogP contribution >= 0.6 is 0 Å². The minimum atomic E-state index is -2.55. The molecule has 0 saturated heterocycles. The van der Waals surface area contributed by atoms with Gasteiger partial charge in [0.25, 0.3) is 8.32 Å². The van der Waals surface area contributed by atoms with Crippen molar-refractivity contribution in [3.8, 4) is 0 Å². The Morgan fingerprint density at radius 3 is 1.85 bits per heavy atom. The third kappa shape index (κ3) is 3.56. The number of hydrogen-bond donors (Lipinski definition) is 0. The Balaban J connectivity index is 2.16. The first kappa shape index (κ1) is 19.1. The van der Waals surface area contributed by atoms with Crippen molar-refractivity contribution >= 4 is 25.0 Å². The monoisotopic (exact) mass is 366 g/mol. The molecule has 26 heavy (non-hydrogen) atoms. The van der Waals surface area contributed by atoms with Gasteiger partial charge in [-0.1, -0.05) is 94.3 Å². The van der Waals surface area contributed by atoms with Gasteiger partial charge in [-0.2, -0.15) is 0 Å². The van der Waals surface area contributed by atoms with Gasteiger partial charge in [0.1, 0.15) is 6.29 Å². The summed E-state index contributed by atoms with van der Waals surface area (Å²) in [6.07, 6.45) is 5.35. The minimum absolute atomic E-state index is 0.0189. The number of aldehydes is 1. The van der Waals surface area contributed by atoms with Crippen molar-refractivity contribution < 1.29 is 9.22 Å². The molecule has 3 heteroatoms. The molecule has 2 aromatic carbocycles. The lowest BCUT2D eigenvalue weighted by Crippen LogP contribution is -2.68. The molecule has 0 amide bonds. The van der Waals surface area contributed by atoms with Crippen molar-refractivity contribution in [1.29, 1.82) is 0 Å². The summed E-state index contributed by atoms with van der Waals surface area (Å²) in [4.78, 5) is 11.7. The fraction of sp³-hybridized carbons (Fsp3) is 0.435. The van der Waals surface area contributed by atoms with E-state index in [-0.39, 0.29) is 17.1 Å². The van der Waals surface area contributed by atoms with Crippen LogP contribution < -0.4 is 10.4 Å². The van der Waals surface area contributed by atoms with E-state index >= 15 is 0 Å². The molecule has 1 fully saturated rings. The third-order valence-corrected chi connectivity index (χ3v) is 10.7. The number of carbonyl (C=O) groups excluding carboxylic acids is 1. The molecule has 2 unspecified atom stereocenters. The molecule has 1 saturated carbocycles. The fourth-order valence-electron chi connectivity index (χ4n) is 4.35. The van der Waals surface area contributed by atoms with Crippen LogP contribution in [0.25, 0.3) is 0 Å². The first-order valence-corrected chi connectivity index (χ1v) is 11.6.